The second-order valence-corrected chi connectivity index (χ2v) is 9.18. The first kappa shape index (κ1) is 20.8. The maximum Gasteiger partial charge on any atom is 0.255 e. The predicted molar refractivity (Wildman–Crippen MR) is 116 cm³/mol. The van der Waals surface area contributed by atoms with Gasteiger partial charge in [0.15, 0.2) is 0 Å². The zero-order valence-electron chi connectivity index (χ0n) is 17.7. The molecule has 2 aliphatic carbocycles. The van der Waals surface area contributed by atoms with E-state index in [-0.39, 0.29) is 34.8 Å². The zero-order chi connectivity index (χ0) is 22.4. The Bertz CT molecular complexity index is 1070. The molecule has 5 rings (SSSR count). The van der Waals surface area contributed by atoms with Crippen LogP contribution in [0.4, 0.5) is 14.5 Å². The lowest BCUT2D eigenvalue weighted by Crippen LogP contribution is -2.39. The second-order valence-electron chi connectivity index (χ2n) is 9.18. The van der Waals surface area contributed by atoms with Crippen LogP contribution in [0.2, 0.25) is 0 Å². The minimum Gasteiger partial charge on any atom is -0.369 e. The number of halogens is 2. The molecular weight excluding hydrogens is 412 g/mol. The summed E-state index contributed by atoms with van der Waals surface area (Å²) in [5.74, 6) is -0.758. The Kier molecular flexibility index (Phi) is 5.30. The topological polar surface area (TPSA) is 95.0 Å². The molecule has 3 N–H and O–H groups in total. The summed E-state index contributed by atoms with van der Waals surface area (Å²) in [6.45, 7) is 1.06. The van der Waals surface area contributed by atoms with Crippen LogP contribution in [0.25, 0.3) is 11.1 Å². The van der Waals surface area contributed by atoms with Crippen LogP contribution >= 0.6 is 0 Å². The molecule has 1 amide bonds. The van der Waals surface area contributed by atoms with Gasteiger partial charge in [0.2, 0.25) is 0 Å². The molecule has 2 saturated carbocycles. The minimum atomic E-state index is -0.759. The number of nitrogens with one attached hydrogen (secondary N) is 1. The lowest BCUT2D eigenvalue weighted by molar-refractivity contribution is 0.0926. The number of nitrogens with two attached hydrogens (primary N) is 1. The van der Waals surface area contributed by atoms with Crippen LogP contribution in [0.1, 0.15) is 48.2 Å². The molecule has 8 heteroatoms. The third-order valence-electron chi connectivity index (χ3n) is 6.65. The number of benzene rings is 1. The summed E-state index contributed by atoms with van der Waals surface area (Å²) in [7, 11) is 0. The van der Waals surface area contributed by atoms with E-state index in [1.54, 1.807) is 0 Å². The molecule has 0 radical (unpaired) electrons. The van der Waals surface area contributed by atoms with Crippen LogP contribution in [0.5, 0.6) is 0 Å². The van der Waals surface area contributed by atoms with Gasteiger partial charge >= 0.3 is 0 Å². The first-order chi connectivity index (χ1) is 15.4. The van der Waals surface area contributed by atoms with E-state index in [1.165, 1.54) is 18.3 Å². The Balaban J connectivity index is 1.63. The fraction of sp³-hybridized carbons (Fsp3) is 0.458. The highest BCUT2D eigenvalue weighted by atomic mass is 19.1. The third-order valence-corrected chi connectivity index (χ3v) is 6.65. The number of aromatic nitrogens is 1. The van der Waals surface area contributed by atoms with Crippen molar-refractivity contribution in [2.24, 2.45) is 17.6 Å². The van der Waals surface area contributed by atoms with Crippen molar-refractivity contribution in [3.05, 3.63) is 47.3 Å². The predicted octanol–water partition coefficient (Wildman–Crippen LogP) is 3.35. The van der Waals surface area contributed by atoms with Gasteiger partial charge in [-0.1, -0.05) is 0 Å². The molecule has 0 spiro atoms. The first-order valence-electron chi connectivity index (χ1n) is 11.2. The number of hydrogen-bond donors (Lipinski definition) is 2. The molecular formula is C24H25F2N5O. The van der Waals surface area contributed by atoms with Gasteiger partial charge in [0.05, 0.1) is 11.3 Å². The van der Waals surface area contributed by atoms with Gasteiger partial charge in [-0.3, -0.25) is 4.79 Å². The molecule has 1 saturated heterocycles. The second kappa shape index (κ2) is 8.14. The Labute approximate surface area is 185 Å². The van der Waals surface area contributed by atoms with Crippen LogP contribution in [0.15, 0.2) is 24.4 Å². The standard InChI is InChI=1S/C24H25F2N5O/c25-16-7-15(8-17(26)9-16)21-20(10-27)29-11-19(23(21)31-6-5-18(28)12-31)24(32)30-22(13-1-2-13)14-3-4-14/h7-9,11,13-14,18,22H,1-6,12,28H2,(H,30,32)/t18-/m0/s1. The van der Waals surface area contributed by atoms with E-state index in [1.807, 2.05) is 11.0 Å². The fourth-order valence-corrected chi connectivity index (χ4v) is 4.80. The number of amides is 1. The van der Waals surface area contributed by atoms with Gasteiger partial charge in [0.25, 0.3) is 5.91 Å². The average Bonchev–Trinajstić information content (AvgIpc) is 3.69. The van der Waals surface area contributed by atoms with Gasteiger partial charge in [0.1, 0.15) is 23.4 Å². The molecule has 2 heterocycles. The number of nitriles is 1. The normalized spacial score (nSPS) is 20.5. The zero-order valence-corrected chi connectivity index (χ0v) is 17.7. The van der Waals surface area contributed by atoms with Crippen molar-refractivity contribution in [1.82, 2.24) is 10.3 Å². The average molecular weight is 437 g/mol. The quantitative estimate of drug-likeness (QED) is 0.723. The van der Waals surface area contributed by atoms with Crippen molar-refractivity contribution in [3.63, 3.8) is 0 Å². The minimum absolute atomic E-state index is 0.0166. The Morgan fingerprint density at radius 2 is 1.81 bits per heavy atom. The van der Waals surface area contributed by atoms with Crippen molar-refractivity contribution in [3.8, 4) is 17.2 Å². The van der Waals surface area contributed by atoms with Gasteiger partial charge in [-0.2, -0.15) is 5.26 Å². The van der Waals surface area contributed by atoms with Crippen LogP contribution in [0, 0.1) is 34.8 Å². The summed E-state index contributed by atoms with van der Waals surface area (Å²) in [6.07, 6.45) is 6.60. The summed E-state index contributed by atoms with van der Waals surface area (Å²) in [4.78, 5) is 19.6. The van der Waals surface area contributed by atoms with E-state index >= 15 is 0 Å². The molecule has 1 aromatic heterocycles. The number of carbonyl (C=O) groups excluding carboxylic acids is 1. The Hall–Kier alpha value is -3.05. The number of carbonyl (C=O) groups is 1. The smallest absolute Gasteiger partial charge is 0.255 e. The van der Waals surface area contributed by atoms with E-state index in [0.717, 1.165) is 38.2 Å². The lowest BCUT2D eigenvalue weighted by Gasteiger charge is -2.26. The fourth-order valence-electron chi connectivity index (χ4n) is 4.80. The van der Waals surface area contributed by atoms with Gasteiger partial charge in [0, 0.05) is 43.0 Å². The summed E-state index contributed by atoms with van der Waals surface area (Å²) >= 11 is 0. The van der Waals surface area contributed by atoms with Crippen molar-refractivity contribution in [1.29, 1.82) is 5.26 Å². The first-order valence-corrected chi connectivity index (χ1v) is 11.2. The van der Waals surface area contributed by atoms with Gasteiger partial charge in [-0.05, 0) is 61.6 Å². The molecule has 1 aliphatic heterocycles. The summed E-state index contributed by atoms with van der Waals surface area (Å²) in [5.41, 5.74) is 7.37. The Morgan fingerprint density at radius 3 is 2.34 bits per heavy atom. The molecule has 1 aromatic carbocycles. The summed E-state index contributed by atoms with van der Waals surface area (Å²) in [5, 5.41) is 12.9. The van der Waals surface area contributed by atoms with Crippen molar-refractivity contribution in [2.75, 3.05) is 18.0 Å². The van der Waals surface area contributed by atoms with E-state index in [2.05, 4.69) is 10.3 Å². The highest BCUT2D eigenvalue weighted by molar-refractivity contribution is 6.04. The number of rotatable bonds is 6. The van der Waals surface area contributed by atoms with Gasteiger partial charge < -0.3 is 16.0 Å². The van der Waals surface area contributed by atoms with Crippen LogP contribution in [-0.2, 0) is 0 Å². The molecule has 0 unspecified atom stereocenters. The van der Waals surface area contributed by atoms with Crippen LogP contribution < -0.4 is 16.0 Å². The van der Waals surface area contributed by atoms with Crippen LogP contribution in [0.3, 0.4) is 0 Å². The lowest BCUT2D eigenvalue weighted by atomic mass is 9.97. The molecule has 3 fully saturated rings. The van der Waals surface area contributed by atoms with Gasteiger partial charge in [-0.25, -0.2) is 13.8 Å². The molecule has 1 atom stereocenters. The molecule has 166 valence electrons. The Morgan fingerprint density at radius 1 is 1.16 bits per heavy atom. The summed E-state index contributed by atoms with van der Waals surface area (Å²) in [6, 6.07) is 5.19. The number of pyridine rings is 1. The highest BCUT2D eigenvalue weighted by Gasteiger charge is 2.43. The SMILES string of the molecule is N#Cc1ncc(C(=O)NC(C2CC2)C2CC2)c(N2CC[C@H](N)C2)c1-c1cc(F)cc(F)c1. The van der Waals surface area contributed by atoms with E-state index in [0.29, 0.717) is 36.2 Å². The number of hydrogen-bond acceptors (Lipinski definition) is 5. The number of anilines is 1. The maximum atomic E-state index is 14.1. The molecule has 6 nitrogen and oxygen atoms in total. The molecule has 3 aliphatic rings. The maximum absolute atomic E-state index is 14.1. The molecule has 2 aromatic rings. The van der Waals surface area contributed by atoms with Crippen molar-refractivity contribution >= 4 is 11.6 Å². The highest BCUT2D eigenvalue weighted by Crippen LogP contribution is 2.45. The van der Waals surface area contributed by atoms with Crippen molar-refractivity contribution in [2.45, 2.75) is 44.2 Å². The van der Waals surface area contributed by atoms with Crippen molar-refractivity contribution < 1.29 is 13.6 Å². The number of nitrogens with zero attached hydrogens (tertiary/aromatic N) is 3. The van der Waals surface area contributed by atoms with E-state index in [9.17, 15) is 18.8 Å². The molecule has 0 bridgehead atoms. The largest absolute Gasteiger partial charge is 0.369 e. The molecule has 32 heavy (non-hydrogen) atoms. The monoisotopic (exact) mass is 437 g/mol. The van der Waals surface area contributed by atoms with E-state index < -0.39 is 11.6 Å². The third kappa shape index (κ3) is 4.05. The van der Waals surface area contributed by atoms with E-state index in [4.69, 9.17) is 5.73 Å². The van der Waals surface area contributed by atoms with Gasteiger partial charge in [-0.15, -0.1) is 0 Å². The summed E-state index contributed by atoms with van der Waals surface area (Å²) < 4.78 is 28.2. The van der Waals surface area contributed by atoms with Crippen LogP contribution in [-0.4, -0.2) is 36.1 Å².